The Morgan fingerprint density at radius 2 is 2.10 bits per heavy atom. The lowest BCUT2D eigenvalue weighted by Crippen LogP contribution is -2.47. The van der Waals surface area contributed by atoms with Gasteiger partial charge in [0, 0.05) is 18.0 Å². The number of fused-ring (bicyclic) bond motifs is 1. The molecule has 0 aliphatic carbocycles. The Bertz CT molecular complexity index is 1100. The van der Waals surface area contributed by atoms with Crippen molar-refractivity contribution < 1.29 is 19.0 Å². The number of phenols is 1. The average Bonchev–Trinajstić information content (AvgIpc) is 2.77. The van der Waals surface area contributed by atoms with E-state index in [9.17, 15) is 19.6 Å². The van der Waals surface area contributed by atoms with Gasteiger partial charge >= 0.3 is 0 Å². The maximum absolute atomic E-state index is 13.3. The number of allylic oxidation sites excluding steroid dienone is 1. The van der Waals surface area contributed by atoms with E-state index in [4.69, 9.17) is 4.74 Å². The van der Waals surface area contributed by atoms with Crippen LogP contribution in [0.3, 0.4) is 0 Å². The number of ether oxygens (including phenoxy) is 1. The number of halogens is 2. The third-order valence-corrected chi connectivity index (χ3v) is 7.00. The molecule has 2 aromatic carbocycles. The topological polar surface area (TPSA) is 76.8 Å². The van der Waals surface area contributed by atoms with Crippen molar-refractivity contribution in [2.24, 2.45) is 0 Å². The SMILES string of the molecule is CCOc1cc([C@H]2CC(=O)N3CN(c4ccc(F)cc4)CSC3=C2C#N)cc(Br)c1O. The van der Waals surface area contributed by atoms with Gasteiger partial charge in [-0.25, -0.2) is 4.39 Å². The summed E-state index contributed by atoms with van der Waals surface area (Å²) in [5, 5.41) is 20.8. The van der Waals surface area contributed by atoms with Crippen molar-refractivity contribution in [3.63, 3.8) is 0 Å². The minimum atomic E-state index is -0.426. The minimum Gasteiger partial charge on any atom is -0.503 e. The summed E-state index contributed by atoms with van der Waals surface area (Å²) in [4.78, 5) is 16.6. The summed E-state index contributed by atoms with van der Waals surface area (Å²) >= 11 is 4.75. The molecule has 2 aromatic rings. The highest BCUT2D eigenvalue weighted by Crippen LogP contribution is 2.46. The molecule has 9 heteroatoms. The fraction of sp³-hybridized carbons (Fsp3) is 0.273. The summed E-state index contributed by atoms with van der Waals surface area (Å²) < 4.78 is 19.2. The van der Waals surface area contributed by atoms with Gasteiger partial charge in [0.25, 0.3) is 0 Å². The van der Waals surface area contributed by atoms with Gasteiger partial charge in [0.05, 0.1) is 40.3 Å². The van der Waals surface area contributed by atoms with Crippen LogP contribution >= 0.6 is 27.7 Å². The van der Waals surface area contributed by atoms with Crippen LogP contribution in [-0.2, 0) is 4.79 Å². The van der Waals surface area contributed by atoms with E-state index in [1.54, 1.807) is 29.2 Å². The number of phenolic OH excluding ortho intramolecular Hbond substituents is 1. The zero-order valence-corrected chi connectivity index (χ0v) is 19.0. The number of carbonyl (C=O) groups excluding carboxylic acids is 1. The molecule has 1 atom stereocenters. The molecule has 1 fully saturated rings. The van der Waals surface area contributed by atoms with Gasteiger partial charge in [-0.1, -0.05) is 11.8 Å². The fourth-order valence-electron chi connectivity index (χ4n) is 3.72. The first-order chi connectivity index (χ1) is 14.9. The minimum absolute atomic E-state index is 0.0116. The summed E-state index contributed by atoms with van der Waals surface area (Å²) in [7, 11) is 0. The van der Waals surface area contributed by atoms with Gasteiger partial charge in [-0.3, -0.25) is 9.69 Å². The Morgan fingerprint density at radius 3 is 2.77 bits per heavy atom. The molecule has 31 heavy (non-hydrogen) atoms. The van der Waals surface area contributed by atoms with Gasteiger partial charge in [-0.05, 0) is 64.8 Å². The molecule has 0 radical (unpaired) electrons. The number of carbonyl (C=O) groups is 1. The zero-order valence-electron chi connectivity index (χ0n) is 16.6. The number of amides is 1. The van der Waals surface area contributed by atoms with Gasteiger partial charge < -0.3 is 14.7 Å². The summed E-state index contributed by atoms with van der Waals surface area (Å²) in [6.07, 6.45) is 0.132. The van der Waals surface area contributed by atoms with Crippen LogP contribution in [0.4, 0.5) is 10.1 Å². The molecular formula is C22H19BrFN3O3S. The number of nitrogens with zero attached hydrogens (tertiary/aromatic N) is 3. The summed E-state index contributed by atoms with van der Waals surface area (Å²) in [5.41, 5.74) is 2.06. The Kier molecular flexibility index (Phi) is 6.12. The van der Waals surface area contributed by atoms with Crippen LogP contribution in [0.25, 0.3) is 0 Å². The van der Waals surface area contributed by atoms with Crippen LogP contribution < -0.4 is 9.64 Å². The second-order valence-corrected chi connectivity index (χ2v) is 8.91. The maximum atomic E-state index is 13.3. The van der Waals surface area contributed by atoms with Crippen molar-refractivity contribution in [1.82, 2.24) is 4.90 Å². The molecule has 160 valence electrons. The quantitative estimate of drug-likeness (QED) is 0.638. The van der Waals surface area contributed by atoms with Crippen LogP contribution in [0.5, 0.6) is 11.5 Å². The molecule has 1 amide bonds. The number of hydrogen-bond donors (Lipinski definition) is 1. The van der Waals surface area contributed by atoms with E-state index >= 15 is 0 Å². The van der Waals surface area contributed by atoms with Gasteiger partial charge in [-0.2, -0.15) is 5.26 Å². The molecule has 2 aliphatic rings. The lowest BCUT2D eigenvalue weighted by molar-refractivity contribution is -0.129. The van der Waals surface area contributed by atoms with Crippen LogP contribution in [0.2, 0.25) is 0 Å². The van der Waals surface area contributed by atoms with Crippen molar-refractivity contribution >= 4 is 39.3 Å². The molecule has 1 saturated heterocycles. The van der Waals surface area contributed by atoms with Crippen molar-refractivity contribution in [3.8, 4) is 17.6 Å². The van der Waals surface area contributed by atoms with Crippen molar-refractivity contribution in [2.75, 3.05) is 24.1 Å². The standard InChI is InChI=1S/C22H19BrFN3O3S/c1-2-30-19-8-13(7-18(23)21(19)29)16-9-20(28)27-11-26(12-31-22(27)17(16)10-25)15-5-3-14(24)4-6-15/h3-8,16,29H,2,9,11-12H2,1H3/t16-/m1/s1. The number of hydrogen-bond acceptors (Lipinski definition) is 6. The van der Waals surface area contributed by atoms with Crippen molar-refractivity contribution in [3.05, 3.63) is 62.9 Å². The predicted octanol–water partition coefficient (Wildman–Crippen LogP) is 4.91. The number of anilines is 1. The van der Waals surface area contributed by atoms with Crippen LogP contribution in [-0.4, -0.2) is 35.1 Å². The largest absolute Gasteiger partial charge is 0.503 e. The molecule has 2 aliphatic heterocycles. The smallest absolute Gasteiger partial charge is 0.229 e. The van der Waals surface area contributed by atoms with Crippen molar-refractivity contribution in [1.29, 1.82) is 5.26 Å². The first-order valence-electron chi connectivity index (χ1n) is 9.66. The lowest BCUT2D eigenvalue weighted by Gasteiger charge is -2.42. The van der Waals surface area contributed by atoms with E-state index in [1.807, 2.05) is 11.8 Å². The highest BCUT2D eigenvalue weighted by Gasteiger charge is 2.38. The Labute approximate surface area is 192 Å². The molecule has 4 rings (SSSR count). The normalized spacial score (nSPS) is 18.6. The van der Waals surface area contributed by atoms with Gasteiger partial charge in [0.15, 0.2) is 11.5 Å². The molecular weight excluding hydrogens is 485 g/mol. The summed E-state index contributed by atoms with van der Waals surface area (Å²) in [5.74, 6) is -0.00814. The van der Waals surface area contributed by atoms with Crippen LogP contribution in [0.15, 0.2) is 51.5 Å². The van der Waals surface area contributed by atoms with E-state index in [-0.39, 0.29) is 23.9 Å². The number of nitriles is 1. The molecule has 6 nitrogen and oxygen atoms in total. The van der Waals surface area contributed by atoms with Crippen LogP contribution in [0.1, 0.15) is 24.8 Å². The third-order valence-electron chi connectivity index (χ3n) is 5.24. The lowest BCUT2D eigenvalue weighted by atomic mass is 9.86. The number of aromatic hydroxyl groups is 1. The monoisotopic (exact) mass is 503 g/mol. The Morgan fingerprint density at radius 1 is 1.35 bits per heavy atom. The number of thioether (sulfide) groups is 1. The molecule has 0 saturated carbocycles. The zero-order chi connectivity index (χ0) is 22.1. The maximum Gasteiger partial charge on any atom is 0.229 e. The highest BCUT2D eigenvalue weighted by atomic mass is 79.9. The predicted molar refractivity (Wildman–Crippen MR) is 120 cm³/mol. The van der Waals surface area contributed by atoms with Gasteiger partial charge in [0.2, 0.25) is 5.91 Å². The van der Waals surface area contributed by atoms with E-state index in [0.717, 1.165) is 11.3 Å². The van der Waals surface area contributed by atoms with E-state index in [1.165, 1.54) is 23.9 Å². The van der Waals surface area contributed by atoms with Gasteiger partial charge in [-0.15, -0.1) is 0 Å². The second-order valence-electron chi connectivity index (χ2n) is 7.12. The molecule has 0 spiro atoms. The van der Waals surface area contributed by atoms with E-state index in [0.29, 0.717) is 40.0 Å². The molecule has 0 aromatic heterocycles. The summed E-state index contributed by atoms with van der Waals surface area (Å²) in [6, 6.07) is 11.8. The van der Waals surface area contributed by atoms with Crippen molar-refractivity contribution in [2.45, 2.75) is 19.3 Å². The summed E-state index contributed by atoms with van der Waals surface area (Å²) in [6.45, 7) is 2.49. The molecule has 1 N–H and O–H groups in total. The molecule has 0 unspecified atom stereocenters. The first kappa shape index (κ1) is 21.5. The Hall–Kier alpha value is -2.70. The van der Waals surface area contributed by atoms with Gasteiger partial charge in [0.1, 0.15) is 5.82 Å². The highest BCUT2D eigenvalue weighted by molar-refractivity contribution is 9.10. The second kappa shape index (κ2) is 8.81. The van der Waals surface area contributed by atoms with Crippen LogP contribution in [0, 0.1) is 17.1 Å². The Balaban J connectivity index is 1.68. The average molecular weight is 504 g/mol. The fourth-order valence-corrected chi connectivity index (χ4v) is 5.35. The van der Waals surface area contributed by atoms with E-state index in [2.05, 4.69) is 22.0 Å². The third kappa shape index (κ3) is 4.10. The molecule has 0 bridgehead atoms. The van der Waals surface area contributed by atoms with E-state index < -0.39 is 5.92 Å². The first-order valence-corrected chi connectivity index (χ1v) is 11.4. The number of benzene rings is 2. The number of rotatable bonds is 4. The molecule has 2 heterocycles.